The number of aryl methyl sites for hydroxylation is 1. The fourth-order valence-electron chi connectivity index (χ4n) is 2.38. The van der Waals surface area contributed by atoms with E-state index in [0.717, 1.165) is 6.42 Å². The Balaban J connectivity index is 2.09. The summed E-state index contributed by atoms with van der Waals surface area (Å²) in [6, 6.07) is 12.3. The summed E-state index contributed by atoms with van der Waals surface area (Å²) in [7, 11) is 1.27. The van der Waals surface area contributed by atoms with Gasteiger partial charge in [0.1, 0.15) is 5.75 Å². The zero-order valence-electron chi connectivity index (χ0n) is 15.0. The second-order valence-corrected chi connectivity index (χ2v) is 6.09. The Morgan fingerprint density at radius 1 is 1.12 bits per heavy atom. The number of ether oxygens (including phenoxy) is 2. The zero-order valence-corrected chi connectivity index (χ0v) is 15.8. The van der Waals surface area contributed by atoms with Crippen molar-refractivity contribution < 1.29 is 19.1 Å². The fourth-order valence-corrected chi connectivity index (χ4v) is 2.58. The van der Waals surface area contributed by atoms with Crippen molar-refractivity contribution in [3.63, 3.8) is 0 Å². The smallest absolute Gasteiger partial charge is 0.339 e. The molecule has 0 spiro atoms. The molecule has 26 heavy (non-hydrogen) atoms. The summed E-state index contributed by atoms with van der Waals surface area (Å²) in [4.78, 5) is 24.2. The minimum atomic E-state index is -0.653. The van der Waals surface area contributed by atoms with E-state index in [-0.39, 0.29) is 16.5 Å². The zero-order chi connectivity index (χ0) is 19.1. The topological polar surface area (TPSA) is 64.6 Å². The summed E-state index contributed by atoms with van der Waals surface area (Å²) in [5.74, 6) is -0.230. The Morgan fingerprint density at radius 2 is 1.81 bits per heavy atom. The second-order valence-electron chi connectivity index (χ2n) is 5.69. The summed E-state index contributed by atoms with van der Waals surface area (Å²) in [5, 5.41) is 3.01. The first-order valence-corrected chi connectivity index (χ1v) is 8.80. The number of esters is 1. The standard InChI is InChI=1S/C20H22ClNO4/c1-4-13-6-9-15(10-7-13)26-18(5-2)19(23)22-14-8-11-17(21)16(12-14)20(24)25-3/h6-12,18H,4-5H2,1-3H3,(H,22,23). The van der Waals surface area contributed by atoms with E-state index >= 15 is 0 Å². The van der Waals surface area contributed by atoms with Gasteiger partial charge in [0.25, 0.3) is 5.91 Å². The van der Waals surface area contributed by atoms with Crippen LogP contribution < -0.4 is 10.1 Å². The van der Waals surface area contributed by atoms with Crippen LogP contribution in [0.2, 0.25) is 5.02 Å². The van der Waals surface area contributed by atoms with Gasteiger partial charge in [-0.1, -0.05) is 37.6 Å². The Morgan fingerprint density at radius 3 is 2.38 bits per heavy atom. The second kappa shape index (κ2) is 9.25. The molecule has 5 nitrogen and oxygen atoms in total. The highest BCUT2D eigenvalue weighted by atomic mass is 35.5. The van der Waals surface area contributed by atoms with Crippen LogP contribution >= 0.6 is 11.6 Å². The Bertz CT molecular complexity index is 774. The third kappa shape index (κ3) is 4.99. The number of halogens is 1. The van der Waals surface area contributed by atoms with E-state index in [1.165, 1.54) is 24.8 Å². The number of amides is 1. The van der Waals surface area contributed by atoms with E-state index < -0.39 is 12.1 Å². The maximum atomic E-state index is 12.5. The maximum Gasteiger partial charge on any atom is 0.339 e. The van der Waals surface area contributed by atoms with Crippen molar-refractivity contribution in [3.8, 4) is 5.75 Å². The third-order valence-corrected chi connectivity index (χ3v) is 4.24. The van der Waals surface area contributed by atoms with E-state index in [1.54, 1.807) is 6.07 Å². The van der Waals surface area contributed by atoms with Crippen LogP contribution in [0.25, 0.3) is 0 Å². The van der Waals surface area contributed by atoms with Crippen LogP contribution in [0.3, 0.4) is 0 Å². The van der Waals surface area contributed by atoms with E-state index in [1.807, 2.05) is 31.2 Å². The average Bonchev–Trinajstić information content (AvgIpc) is 2.67. The number of methoxy groups -OCH3 is 1. The van der Waals surface area contributed by atoms with Gasteiger partial charge in [0.15, 0.2) is 6.10 Å². The molecule has 138 valence electrons. The van der Waals surface area contributed by atoms with Crippen molar-refractivity contribution in [3.05, 3.63) is 58.6 Å². The fraction of sp³-hybridized carbons (Fsp3) is 0.300. The molecular weight excluding hydrogens is 354 g/mol. The molecule has 1 N–H and O–H groups in total. The van der Waals surface area contributed by atoms with Crippen molar-refractivity contribution in [2.24, 2.45) is 0 Å². The lowest BCUT2D eigenvalue weighted by Crippen LogP contribution is -2.32. The lowest BCUT2D eigenvalue weighted by Gasteiger charge is -2.18. The maximum absolute atomic E-state index is 12.5. The largest absolute Gasteiger partial charge is 0.481 e. The Kier molecular flexibility index (Phi) is 7.04. The van der Waals surface area contributed by atoms with Gasteiger partial charge in [-0.25, -0.2) is 4.79 Å². The molecule has 0 aliphatic heterocycles. The molecule has 0 aliphatic rings. The highest BCUT2D eigenvalue weighted by Crippen LogP contribution is 2.22. The first-order valence-electron chi connectivity index (χ1n) is 8.42. The first kappa shape index (κ1) is 19.8. The molecule has 0 heterocycles. The van der Waals surface area contributed by atoms with Crippen LogP contribution in [-0.2, 0) is 16.0 Å². The molecule has 0 saturated carbocycles. The number of hydrogen-bond acceptors (Lipinski definition) is 4. The van der Waals surface area contributed by atoms with Crippen molar-refractivity contribution in [2.45, 2.75) is 32.8 Å². The number of carbonyl (C=O) groups is 2. The Hall–Kier alpha value is -2.53. The van der Waals surface area contributed by atoms with Crippen molar-refractivity contribution >= 4 is 29.2 Å². The van der Waals surface area contributed by atoms with Crippen LogP contribution in [0.1, 0.15) is 36.2 Å². The number of anilines is 1. The highest BCUT2D eigenvalue weighted by molar-refractivity contribution is 6.33. The molecule has 1 amide bonds. The molecule has 2 aromatic rings. The predicted octanol–water partition coefficient (Wildman–Crippen LogP) is 4.49. The average molecular weight is 376 g/mol. The minimum Gasteiger partial charge on any atom is -0.481 e. The quantitative estimate of drug-likeness (QED) is 0.724. The van der Waals surface area contributed by atoms with Crippen molar-refractivity contribution in [1.82, 2.24) is 0 Å². The van der Waals surface area contributed by atoms with Gasteiger partial charge in [0, 0.05) is 5.69 Å². The lowest BCUT2D eigenvalue weighted by atomic mass is 10.1. The molecule has 0 saturated heterocycles. The normalized spacial score (nSPS) is 11.5. The Labute approximate surface area is 158 Å². The van der Waals surface area contributed by atoms with Gasteiger partial charge in [0.05, 0.1) is 17.7 Å². The molecule has 1 atom stereocenters. The number of hydrogen-bond donors (Lipinski definition) is 1. The molecule has 1 unspecified atom stereocenters. The van der Waals surface area contributed by atoms with Crippen LogP contribution in [0.15, 0.2) is 42.5 Å². The van der Waals surface area contributed by atoms with Gasteiger partial charge in [0.2, 0.25) is 0 Å². The van der Waals surface area contributed by atoms with Gasteiger partial charge < -0.3 is 14.8 Å². The minimum absolute atomic E-state index is 0.191. The summed E-state index contributed by atoms with van der Waals surface area (Å²) < 4.78 is 10.5. The molecule has 0 bridgehead atoms. The van der Waals surface area contributed by atoms with Gasteiger partial charge in [-0.3, -0.25) is 4.79 Å². The van der Waals surface area contributed by atoms with Gasteiger partial charge >= 0.3 is 5.97 Å². The monoisotopic (exact) mass is 375 g/mol. The summed E-state index contributed by atoms with van der Waals surface area (Å²) in [6.07, 6.45) is 0.787. The molecule has 6 heteroatoms. The van der Waals surface area contributed by atoms with Crippen LogP contribution in [0.4, 0.5) is 5.69 Å². The molecule has 0 aromatic heterocycles. The molecule has 2 rings (SSSR count). The van der Waals surface area contributed by atoms with E-state index in [4.69, 9.17) is 16.3 Å². The first-order chi connectivity index (χ1) is 12.5. The lowest BCUT2D eigenvalue weighted by molar-refractivity contribution is -0.122. The van der Waals surface area contributed by atoms with Crippen molar-refractivity contribution in [2.75, 3.05) is 12.4 Å². The third-order valence-electron chi connectivity index (χ3n) is 3.91. The van der Waals surface area contributed by atoms with Crippen LogP contribution in [-0.4, -0.2) is 25.1 Å². The number of carbonyl (C=O) groups excluding carboxylic acids is 2. The van der Waals surface area contributed by atoms with Crippen molar-refractivity contribution in [1.29, 1.82) is 0 Å². The van der Waals surface area contributed by atoms with Crippen LogP contribution in [0, 0.1) is 0 Å². The highest BCUT2D eigenvalue weighted by Gasteiger charge is 2.20. The predicted molar refractivity (Wildman–Crippen MR) is 102 cm³/mol. The van der Waals surface area contributed by atoms with Gasteiger partial charge in [-0.05, 0) is 48.7 Å². The van der Waals surface area contributed by atoms with Gasteiger partial charge in [-0.2, -0.15) is 0 Å². The molecular formula is C20H22ClNO4. The van der Waals surface area contributed by atoms with E-state index in [0.29, 0.717) is 17.9 Å². The SMILES string of the molecule is CCc1ccc(OC(CC)C(=O)Nc2ccc(Cl)c(C(=O)OC)c2)cc1. The summed E-state index contributed by atoms with van der Waals surface area (Å²) in [5.41, 5.74) is 1.84. The number of rotatable bonds is 7. The molecule has 0 aliphatic carbocycles. The number of benzene rings is 2. The molecule has 0 radical (unpaired) electrons. The molecule has 2 aromatic carbocycles. The number of nitrogens with one attached hydrogen (secondary N) is 1. The van der Waals surface area contributed by atoms with E-state index in [2.05, 4.69) is 17.0 Å². The summed E-state index contributed by atoms with van der Waals surface area (Å²) in [6.45, 7) is 3.94. The summed E-state index contributed by atoms with van der Waals surface area (Å²) >= 11 is 5.99. The van der Waals surface area contributed by atoms with Gasteiger partial charge in [-0.15, -0.1) is 0 Å². The van der Waals surface area contributed by atoms with Crippen LogP contribution in [0.5, 0.6) is 5.75 Å². The molecule has 0 fully saturated rings. The van der Waals surface area contributed by atoms with E-state index in [9.17, 15) is 9.59 Å².